The summed E-state index contributed by atoms with van der Waals surface area (Å²) in [7, 11) is 4.23. The maximum atomic E-state index is 10.9. The van der Waals surface area contributed by atoms with Gasteiger partial charge in [0, 0.05) is 5.54 Å². The zero-order chi connectivity index (χ0) is 13.9. The van der Waals surface area contributed by atoms with E-state index >= 15 is 0 Å². The fourth-order valence-electron chi connectivity index (χ4n) is 4.27. The first kappa shape index (κ1) is 16.0. The molecule has 0 bridgehead atoms. The summed E-state index contributed by atoms with van der Waals surface area (Å²) in [5.41, 5.74) is -0.0402. The number of aliphatic hydroxyl groups excluding tert-OH is 1. The third kappa shape index (κ3) is 3.08. The van der Waals surface area contributed by atoms with E-state index in [4.69, 9.17) is 0 Å². The van der Waals surface area contributed by atoms with Crippen LogP contribution < -0.4 is 0 Å². The zero-order valence-electron chi connectivity index (χ0n) is 13.2. The minimum atomic E-state index is -0.187. The molecular weight excluding hydrogens is 222 g/mol. The van der Waals surface area contributed by atoms with Crippen molar-refractivity contribution in [3.8, 4) is 0 Å². The predicted octanol–water partition coefficient (Wildman–Crippen LogP) is 3.54. The normalized spacial score (nSPS) is 31.7. The first-order chi connectivity index (χ1) is 8.37. The van der Waals surface area contributed by atoms with E-state index < -0.39 is 0 Å². The smallest absolute Gasteiger partial charge is 0.0751 e. The standard InChI is InChI=1S/C16H33NO/c1-7-16(8-2,17(5)6)15(18)14-10-12(3)9-13(4)11-14/h12-15,18H,7-11H2,1-6H3. The van der Waals surface area contributed by atoms with E-state index in [1.54, 1.807) is 0 Å². The van der Waals surface area contributed by atoms with Crippen LogP contribution >= 0.6 is 0 Å². The van der Waals surface area contributed by atoms with Crippen LogP contribution in [0.1, 0.15) is 59.8 Å². The first-order valence-corrected chi connectivity index (χ1v) is 7.72. The van der Waals surface area contributed by atoms with Gasteiger partial charge in [-0.05, 0) is 64.0 Å². The lowest BCUT2D eigenvalue weighted by molar-refractivity contribution is -0.0649. The van der Waals surface area contributed by atoms with Crippen LogP contribution in [0.5, 0.6) is 0 Å². The molecule has 0 saturated heterocycles. The third-order valence-electron chi connectivity index (χ3n) is 5.33. The minimum Gasteiger partial charge on any atom is -0.391 e. The lowest BCUT2D eigenvalue weighted by Gasteiger charge is -2.48. The van der Waals surface area contributed by atoms with Crippen LogP contribution in [0.4, 0.5) is 0 Å². The molecule has 0 amide bonds. The molecule has 1 aliphatic carbocycles. The molecule has 3 unspecified atom stereocenters. The van der Waals surface area contributed by atoms with Gasteiger partial charge >= 0.3 is 0 Å². The summed E-state index contributed by atoms with van der Waals surface area (Å²) in [6, 6.07) is 0. The van der Waals surface area contributed by atoms with Gasteiger partial charge in [-0.1, -0.05) is 27.7 Å². The largest absolute Gasteiger partial charge is 0.391 e. The number of hydrogen-bond donors (Lipinski definition) is 1. The molecule has 18 heavy (non-hydrogen) atoms. The molecule has 1 fully saturated rings. The quantitative estimate of drug-likeness (QED) is 0.812. The van der Waals surface area contributed by atoms with Crippen LogP contribution in [0, 0.1) is 17.8 Å². The Morgan fingerprint density at radius 3 is 1.83 bits per heavy atom. The molecule has 2 heteroatoms. The Labute approximate surface area is 114 Å². The zero-order valence-corrected chi connectivity index (χ0v) is 13.2. The van der Waals surface area contributed by atoms with Gasteiger partial charge in [-0.25, -0.2) is 0 Å². The summed E-state index contributed by atoms with van der Waals surface area (Å²) in [4.78, 5) is 2.25. The van der Waals surface area contributed by atoms with Crippen molar-refractivity contribution in [1.29, 1.82) is 0 Å². The minimum absolute atomic E-state index is 0.0402. The SMILES string of the molecule is CCC(CC)(C(O)C1CC(C)CC(C)C1)N(C)C. The summed E-state index contributed by atoms with van der Waals surface area (Å²) in [6.07, 6.45) is 5.58. The van der Waals surface area contributed by atoms with E-state index in [1.165, 1.54) is 19.3 Å². The molecular formula is C16H33NO. The van der Waals surface area contributed by atoms with Gasteiger partial charge in [-0.2, -0.15) is 0 Å². The van der Waals surface area contributed by atoms with Crippen molar-refractivity contribution in [2.45, 2.75) is 71.4 Å². The Balaban J connectivity index is 2.85. The molecule has 0 aromatic rings. The lowest BCUT2D eigenvalue weighted by atomic mass is 9.68. The van der Waals surface area contributed by atoms with E-state index in [2.05, 4.69) is 46.7 Å². The molecule has 0 aromatic carbocycles. The molecule has 0 spiro atoms. The predicted molar refractivity (Wildman–Crippen MR) is 78.7 cm³/mol. The van der Waals surface area contributed by atoms with Crippen LogP contribution in [0.2, 0.25) is 0 Å². The number of hydrogen-bond acceptors (Lipinski definition) is 2. The fraction of sp³-hybridized carbons (Fsp3) is 1.00. The molecule has 2 nitrogen and oxygen atoms in total. The average molecular weight is 255 g/mol. The maximum absolute atomic E-state index is 10.9. The topological polar surface area (TPSA) is 23.5 Å². The van der Waals surface area contributed by atoms with Gasteiger partial charge in [-0.15, -0.1) is 0 Å². The van der Waals surface area contributed by atoms with Crippen molar-refractivity contribution in [3.05, 3.63) is 0 Å². The number of likely N-dealkylation sites (N-methyl/N-ethyl adjacent to an activating group) is 1. The monoisotopic (exact) mass is 255 g/mol. The summed E-state index contributed by atoms with van der Waals surface area (Å²) in [5, 5.41) is 10.9. The summed E-state index contributed by atoms with van der Waals surface area (Å²) < 4.78 is 0. The second-order valence-electron chi connectivity index (χ2n) is 6.83. The van der Waals surface area contributed by atoms with Gasteiger partial charge in [-0.3, -0.25) is 0 Å². The highest BCUT2D eigenvalue weighted by Gasteiger charge is 2.42. The Kier molecular flexibility index (Phi) is 5.67. The van der Waals surface area contributed by atoms with Crippen molar-refractivity contribution >= 4 is 0 Å². The Morgan fingerprint density at radius 2 is 1.50 bits per heavy atom. The van der Waals surface area contributed by atoms with Crippen LogP contribution in [-0.4, -0.2) is 35.7 Å². The molecule has 1 saturated carbocycles. The highest BCUT2D eigenvalue weighted by molar-refractivity contribution is 4.97. The van der Waals surface area contributed by atoms with Crippen molar-refractivity contribution in [1.82, 2.24) is 4.90 Å². The van der Waals surface area contributed by atoms with Gasteiger partial charge in [0.1, 0.15) is 0 Å². The molecule has 1 N–H and O–H groups in total. The fourth-order valence-corrected chi connectivity index (χ4v) is 4.27. The summed E-state index contributed by atoms with van der Waals surface area (Å²) in [5.74, 6) is 2.01. The third-order valence-corrected chi connectivity index (χ3v) is 5.33. The van der Waals surface area contributed by atoms with Gasteiger partial charge in [0.15, 0.2) is 0 Å². The molecule has 3 atom stereocenters. The first-order valence-electron chi connectivity index (χ1n) is 7.72. The van der Waals surface area contributed by atoms with Crippen molar-refractivity contribution in [2.75, 3.05) is 14.1 Å². The van der Waals surface area contributed by atoms with Crippen LogP contribution in [-0.2, 0) is 0 Å². The van der Waals surface area contributed by atoms with Crippen molar-refractivity contribution in [3.63, 3.8) is 0 Å². The summed E-state index contributed by atoms with van der Waals surface area (Å²) in [6.45, 7) is 9.10. The van der Waals surface area contributed by atoms with Gasteiger partial charge in [0.25, 0.3) is 0 Å². The molecule has 0 aliphatic heterocycles. The van der Waals surface area contributed by atoms with Crippen LogP contribution in [0.15, 0.2) is 0 Å². The molecule has 0 radical (unpaired) electrons. The molecule has 1 aliphatic rings. The van der Waals surface area contributed by atoms with E-state index in [-0.39, 0.29) is 11.6 Å². The molecule has 0 heterocycles. The van der Waals surface area contributed by atoms with E-state index in [1.807, 2.05) is 0 Å². The van der Waals surface area contributed by atoms with Crippen molar-refractivity contribution in [2.24, 2.45) is 17.8 Å². The molecule has 1 rings (SSSR count). The van der Waals surface area contributed by atoms with E-state index in [0.717, 1.165) is 24.7 Å². The van der Waals surface area contributed by atoms with Gasteiger partial charge in [0.2, 0.25) is 0 Å². The van der Waals surface area contributed by atoms with Crippen LogP contribution in [0.25, 0.3) is 0 Å². The van der Waals surface area contributed by atoms with Crippen LogP contribution in [0.3, 0.4) is 0 Å². The van der Waals surface area contributed by atoms with Gasteiger partial charge < -0.3 is 10.0 Å². The second kappa shape index (κ2) is 6.38. The Hall–Kier alpha value is -0.0800. The van der Waals surface area contributed by atoms with Crippen molar-refractivity contribution < 1.29 is 5.11 Å². The van der Waals surface area contributed by atoms with E-state index in [0.29, 0.717) is 5.92 Å². The molecule has 108 valence electrons. The summed E-state index contributed by atoms with van der Waals surface area (Å²) >= 11 is 0. The second-order valence-corrected chi connectivity index (χ2v) is 6.83. The Bertz CT molecular complexity index is 237. The highest BCUT2D eigenvalue weighted by atomic mass is 16.3. The number of rotatable bonds is 5. The highest BCUT2D eigenvalue weighted by Crippen LogP contribution is 2.40. The average Bonchev–Trinajstić information content (AvgIpc) is 2.29. The van der Waals surface area contributed by atoms with E-state index in [9.17, 15) is 5.11 Å². The lowest BCUT2D eigenvalue weighted by Crippen LogP contribution is -2.56. The molecule has 0 aromatic heterocycles. The number of aliphatic hydroxyl groups is 1. The Morgan fingerprint density at radius 1 is 1.06 bits per heavy atom. The number of nitrogens with zero attached hydrogens (tertiary/aromatic N) is 1. The van der Waals surface area contributed by atoms with Gasteiger partial charge in [0.05, 0.1) is 6.10 Å². The maximum Gasteiger partial charge on any atom is 0.0751 e.